The molecular formula is C9H19NO5. The van der Waals surface area contributed by atoms with Crippen LogP contribution in [0, 0.1) is 5.41 Å². The fourth-order valence-electron chi connectivity index (χ4n) is 2.26. The molecule has 90 valence electrons. The van der Waals surface area contributed by atoms with Crippen molar-refractivity contribution in [2.24, 2.45) is 5.41 Å². The SMILES string of the molecule is CN1CC(O)(CO)C(O)C(CO)(CO)C1. The van der Waals surface area contributed by atoms with E-state index in [0.717, 1.165) is 0 Å². The van der Waals surface area contributed by atoms with Gasteiger partial charge in [-0.2, -0.15) is 0 Å². The van der Waals surface area contributed by atoms with Crippen molar-refractivity contribution in [2.45, 2.75) is 11.7 Å². The smallest absolute Gasteiger partial charge is 0.127 e. The highest BCUT2D eigenvalue weighted by atomic mass is 16.4. The Kier molecular flexibility index (Phi) is 3.70. The molecule has 1 rings (SSSR count). The van der Waals surface area contributed by atoms with Gasteiger partial charge in [0.25, 0.3) is 0 Å². The van der Waals surface area contributed by atoms with Crippen LogP contribution in [0.1, 0.15) is 0 Å². The topological polar surface area (TPSA) is 104 Å². The van der Waals surface area contributed by atoms with Crippen molar-refractivity contribution in [1.82, 2.24) is 4.90 Å². The van der Waals surface area contributed by atoms with Crippen LogP contribution in [0.15, 0.2) is 0 Å². The van der Waals surface area contributed by atoms with E-state index in [4.69, 9.17) is 5.11 Å². The molecule has 0 aromatic heterocycles. The van der Waals surface area contributed by atoms with Crippen molar-refractivity contribution in [3.8, 4) is 0 Å². The summed E-state index contributed by atoms with van der Waals surface area (Å²) < 4.78 is 0. The number of piperidine rings is 1. The molecule has 5 N–H and O–H groups in total. The Bertz CT molecular complexity index is 221. The lowest BCUT2D eigenvalue weighted by atomic mass is 9.71. The first-order valence-electron chi connectivity index (χ1n) is 4.86. The number of hydrogen-bond acceptors (Lipinski definition) is 6. The Balaban J connectivity index is 2.99. The number of aliphatic hydroxyl groups excluding tert-OH is 4. The van der Waals surface area contributed by atoms with Gasteiger partial charge in [0, 0.05) is 13.1 Å². The summed E-state index contributed by atoms with van der Waals surface area (Å²) in [5.74, 6) is 0. The number of aliphatic hydroxyl groups is 5. The second-order valence-electron chi connectivity index (χ2n) is 4.52. The fraction of sp³-hybridized carbons (Fsp3) is 1.00. The van der Waals surface area contributed by atoms with Crippen LogP contribution in [0.2, 0.25) is 0 Å². The molecule has 2 atom stereocenters. The Morgan fingerprint density at radius 1 is 1.13 bits per heavy atom. The molecule has 1 heterocycles. The molecule has 1 saturated heterocycles. The van der Waals surface area contributed by atoms with Crippen molar-refractivity contribution in [3.05, 3.63) is 0 Å². The minimum Gasteiger partial charge on any atom is -0.396 e. The second kappa shape index (κ2) is 4.32. The van der Waals surface area contributed by atoms with Crippen LogP contribution in [0.25, 0.3) is 0 Å². The summed E-state index contributed by atoms with van der Waals surface area (Å²) in [6.07, 6.45) is -1.35. The highest BCUT2D eigenvalue weighted by Crippen LogP contribution is 2.34. The van der Waals surface area contributed by atoms with E-state index < -0.39 is 36.9 Å². The molecule has 1 aliphatic rings. The molecule has 1 aliphatic heterocycles. The van der Waals surface area contributed by atoms with Crippen LogP contribution in [-0.2, 0) is 0 Å². The molecule has 0 spiro atoms. The van der Waals surface area contributed by atoms with Gasteiger partial charge in [0.1, 0.15) is 5.60 Å². The van der Waals surface area contributed by atoms with E-state index in [2.05, 4.69) is 0 Å². The Hall–Kier alpha value is -0.240. The molecule has 0 aromatic rings. The van der Waals surface area contributed by atoms with E-state index in [1.165, 1.54) is 0 Å². The van der Waals surface area contributed by atoms with Gasteiger partial charge in [-0.25, -0.2) is 0 Å². The summed E-state index contributed by atoms with van der Waals surface area (Å²) in [6.45, 7) is -1.13. The van der Waals surface area contributed by atoms with Gasteiger partial charge in [0.2, 0.25) is 0 Å². The average molecular weight is 221 g/mol. The molecule has 6 heteroatoms. The zero-order chi connectivity index (χ0) is 11.7. The second-order valence-corrected chi connectivity index (χ2v) is 4.52. The Morgan fingerprint density at radius 3 is 2.07 bits per heavy atom. The lowest BCUT2D eigenvalue weighted by Gasteiger charge is -2.50. The van der Waals surface area contributed by atoms with Crippen LogP contribution in [-0.4, -0.2) is 82.1 Å². The summed E-state index contributed by atoms with van der Waals surface area (Å²) in [5, 5.41) is 47.4. The van der Waals surface area contributed by atoms with Crippen LogP contribution < -0.4 is 0 Å². The molecule has 0 saturated carbocycles. The molecule has 15 heavy (non-hydrogen) atoms. The number of nitrogens with zero attached hydrogens (tertiary/aromatic N) is 1. The molecule has 0 bridgehead atoms. The molecule has 0 aliphatic carbocycles. The van der Waals surface area contributed by atoms with Crippen molar-refractivity contribution in [2.75, 3.05) is 40.0 Å². The van der Waals surface area contributed by atoms with E-state index in [1.807, 2.05) is 0 Å². The van der Waals surface area contributed by atoms with Crippen molar-refractivity contribution >= 4 is 0 Å². The maximum absolute atomic E-state index is 9.95. The van der Waals surface area contributed by atoms with Gasteiger partial charge in [-0.15, -0.1) is 0 Å². The normalized spacial score (nSPS) is 36.8. The minimum absolute atomic E-state index is 0.104. The van der Waals surface area contributed by atoms with Crippen LogP contribution in [0.4, 0.5) is 0 Å². The summed E-state index contributed by atoms with van der Waals surface area (Å²) in [6, 6.07) is 0. The summed E-state index contributed by atoms with van der Waals surface area (Å²) in [4.78, 5) is 1.66. The zero-order valence-corrected chi connectivity index (χ0v) is 8.80. The maximum Gasteiger partial charge on any atom is 0.127 e. The van der Waals surface area contributed by atoms with E-state index in [1.54, 1.807) is 11.9 Å². The van der Waals surface area contributed by atoms with E-state index in [0.29, 0.717) is 0 Å². The zero-order valence-electron chi connectivity index (χ0n) is 8.80. The first-order chi connectivity index (χ1) is 6.94. The number of likely N-dealkylation sites (tertiary alicyclic amines) is 1. The molecule has 0 amide bonds. The number of likely N-dealkylation sites (N-methyl/N-ethyl adjacent to an activating group) is 1. The van der Waals surface area contributed by atoms with E-state index >= 15 is 0 Å². The van der Waals surface area contributed by atoms with Gasteiger partial charge < -0.3 is 30.4 Å². The standard InChI is InChI=1S/C9H19NO5/c1-10-2-8(4-11,5-12)7(14)9(15,3-10)6-13/h7,11-15H,2-6H2,1H3. The van der Waals surface area contributed by atoms with E-state index in [-0.39, 0.29) is 13.1 Å². The summed E-state index contributed by atoms with van der Waals surface area (Å²) >= 11 is 0. The van der Waals surface area contributed by atoms with Gasteiger partial charge in [-0.1, -0.05) is 0 Å². The molecule has 1 fully saturated rings. The molecule has 0 radical (unpaired) electrons. The molecule has 0 aromatic carbocycles. The Labute approximate surface area is 88.4 Å². The van der Waals surface area contributed by atoms with Gasteiger partial charge in [0.05, 0.1) is 31.3 Å². The number of hydrogen-bond donors (Lipinski definition) is 5. The maximum atomic E-state index is 9.95. The summed E-state index contributed by atoms with van der Waals surface area (Å²) in [5.41, 5.74) is -2.89. The van der Waals surface area contributed by atoms with Crippen molar-refractivity contribution in [3.63, 3.8) is 0 Å². The van der Waals surface area contributed by atoms with E-state index in [9.17, 15) is 20.4 Å². The third kappa shape index (κ3) is 2.01. The highest BCUT2D eigenvalue weighted by molar-refractivity contribution is 5.05. The third-order valence-electron chi connectivity index (χ3n) is 3.12. The quantitative estimate of drug-likeness (QED) is 0.348. The molecular weight excluding hydrogens is 202 g/mol. The predicted octanol–water partition coefficient (Wildman–Crippen LogP) is -3.01. The van der Waals surface area contributed by atoms with Crippen LogP contribution in [0.3, 0.4) is 0 Å². The van der Waals surface area contributed by atoms with Gasteiger partial charge in [-0.3, -0.25) is 0 Å². The van der Waals surface area contributed by atoms with Crippen LogP contribution in [0.5, 0.6) is 0 Å². The van der Waals surface area contributed by atoms with Crippen molar-refractivity contribution in [1.29, 1.82) is 0 Å². The lowest BCUT2D eigenvalue weighted by molar-refractivity contribution is -0.214. The van der Waals surface area contributed by atoms with Gasteiger partial charge in [0.15, 0.2) is 0 Å². The molecule has 2 unspecified atom stereocenters. The largest absolute Gasteiger partial charge is 0.396 e. The number of β-amino-alcohol motifs (C(OH)–C–C–N with tert-alkyl or cyclic N) is 1. The highest BCUT2D eigenvalue weighted by Gasteiger charge is 2.53. The van der Waals surface area contributed by atoms with Gasteiger partial charge >= 0.3 is 0 Å². The van der Waals surface area contributed by atoms with Crippen molar-refractivity contribution < 1.29 is 25.5 Å². The predicted molar refractivity (Wildman–Crippen MR) is 52.1 cm³/mol. The fourth-order valence-corrected chi connectivity index (χ4v) is 2.26. The first kappa shape index (κ1) is 12.8. The average Bonchev–Trinajstić information content (AvgIpc) is 2.23. The number of rotatable bonds is 3. The summed E-state index contributed by atoms with van der Waals surface area (Å²) in [7, 11) is 1.69. The van der Waals surface area contributed by atoms with Gasteiger partial charge in [-0.05, 0) is 7.05 Å². The Morgan fingerprint density at radius 2 is 1.67 bits per heavy atom. The van der Waals surface area contributed by atoms with Crippen LogP contribution >= 0.6 is 0 Å². The molecule has 6 nitrogen and oxygen atoms in total. The third-order valence-corrected chi connectivity index (χ3v) is 3.12. The minimum atomic E-state index is -1.70. The lowest BCUT2D eigenvalue weighted by Crippen LogP contribution is -2.69. The first-order valence-corrected chi connectivity index (χ1v) is 4.86. The monoisotopic (exact) mass is 221 g/mol.